The zero-order valence-electron chi connectivity index (χ0n) is 10.5. The average molecular weight is 323 g/mol. The third-order valence-corrected chi connectivity index (χ3v) is 3.37. The van der Waals surface area contributed by atoms with E-state index in [-0.39, 0.29) is 5.56 Å². The van der Waals surface area contributed by atoms with Gasteiger partial charge in [0.2, 0.25) is 0 Å². The highest BCUT2D eigenvalue weighted by molar-refractivity contribution is 9.10. The molecule has 4 heteroatoms. The van der Waals surface area contributed by atoms with Gasteiger partial charge in [-0.25, -0.2) is 9.18 Å². The summed E-state index contributed by atoms with van der Waals surface area (Å²) in [6.07, 6.45) is 0. The third kappa shape index (κ3) is 2.84. The second-order valence-electron chi connectivity index (χ2n) is 4.15. The molecule has 0 saturated heterocycles. The number of esters is 1. The molecule has 0 spiro atoms. The normalized spacial score (nSPS) is 10.3. The largest absolute Gasteiger partial charge is 0.465 e. The molecule has 0 unspecified atom stereocenters. The monoisotopic (exact) mass is 322 g/mol. The van der Waals surface area contributed by atoms with Gasteiger partial charge in [0.15, 0.2) is 0 Å². The van der Waals surface area contributed by atoms with Crippen molar-refractivity contribution in [2.45, 2.75) is 6.92 Å². The van der Waals surface area contributed by atoms with Gasteiger partial charge in [0.05, 0.1) is 12.7 Å². The Morgan fingerprint density at radius 2 is 1.95 bits per heavy atom. The van der Waals surface area contributed by atoms with Crippen molar-refractivity contribution in [2.24, 2.45) is 0 Å². The highest BCUT2D eigenvalue weighted by Crippen LogP contribution is 2.27. The number of aryl methyl sites for hydroxylation is 1. The molecule has 0 radical (unpaired) electrons. The minimum Gasteiger partial charge on any atom is -0.465 e. The second kappa shape index (κ2) is 5.53. The van der Waals surface area contributed by atoms with Gasteiger partial charge < -0.3 is 4.74 Å². The van der Waals surface area contributed by atoms with E-state index in [9.17, 15) is 9.18 Å². The van der Waals surface area contributed by atoms with Crippen molar-refractivity contribution < 1.29 is 13.9 Å². The smallest absolute Gasteiger partial charge is 0.340 e. The first-order valence-corrected chi connectivity index (χ1v) is 6.46. The van der Waals surface area contributed by atoms with Crippen LogP contribution in [0.15, 0.2) is 40.9 Å². The number of halogens is 2. The van der Waals surface area contributed by atoms with Crippen LogP contribution in [0.25, 0.3) is 11.1 Å². The van der Waals surface area contributed by atoms with Crippen LogP contribution in [0.4, 0.5) is 4.39 Å². The van der Waals surface area contributed by atoms with Crippen molar-refractivity contribution >= 4 is 21.9 Å². The minimum atomic E-state index is -0.670. The molecule has 0 aliphatic heterocycles. The summed E-state index contributed by atoms with van der Waals surface area (Å²) in [5.74, 6) is -1.25. The van der Waals surface area contributed by atoms with E-state index >= 15 is 0 Å². The molecule has 2 nitrogen and oxygen atoms in total. The maximum Gasteiger partial charge on any atom is 0.340 e. The fourth-order valence-corrected chi connectivity index (χ4v) is 2.38. The molecule has 0 saturated carbocycles. The summed E-state index contributed by atoms with van der Waals surface area (Å²) in [5, 5.41) is 0. The lowest BCUT2D eigenvalue weighted by Gasteiger charge is -2.08. The zero-order valence-corrected chi connectivity index (χ0v) is 12.1. The predicted octanol–water partition coefficient (Wildman–Crippen LogP) is 4.35. The van der Waals surface area contributed by atoms with Crippen LogP contribution in [-0.2, 0) is 4.74 Å². The van der Waals surface area contributed by atoms with Crippen LogP contribution in [0.2, 0.25) is 0 Å². The lowest BCUT2D eigenvalue weighted by molar-refractivity contribution is 0.0595. The molecular formula is C15H12BrFO2. The summed E-state index contributed by atoms with van der Waals surface area (Å²) in [5.41, 5.74) is 2.63. The van der Waals surface area contributed by atoms with Crippen LogP contribution in [0.5, 0.6) is 0 Å². The van der Waals surface area contributed by atoms with E-state index < -0.39 is 11.8 Å². The maximum atomic E-state index is 13.9. The SMILES string of the molecule is COC(=O)c1ccc(-c2ccc(Br)cc2C)cc1F. The number of carbonyl (C=O) groups is 1. The second-order valence-corrected chi connectivity index (χ2v) is 5.06. The third-order valence-electron chi connectivity index (χ3n) is 2.87. The van der Waals surface area contributed by atoms with Crippen LogP contribution in [0.3, 0.4) is 0 Å². The molecule has 2 aromatic rings. The molecule has 0 N–H and O–H groups in total. The summed E-state index contributed by atoms with van der Waals surface area (Å²) < 4.78 is 19.4. The van der Waals surface area contributed by atoms with Crippen molar-refractivity contribution in [1.29, 1.82) is 0 Å². The predicted molar refractivity (Wildman–Crippen MR) is 75.6 cm³/mol. The first kappa shape index (κ1) is 13.7. The fourth-order valence-electron chi connectivity index (χ4n) is 1.91. The van der Waals surface area contributed by atoms with Crippen molar-refractivity contribution in [2.75, 3.05) is 7.11 Å². The molecule has 0 bridgehead atoms. The number of benzene rings is 2. The van der Waals surface area contributed by atoms with E-state index in [4.69, 9.17) is 0 Å². The van der Waals surface area contributed by atoms with E-state index in [1.54, 1.807) is 6.07 Å². The Morgan fingerprint density at radius 3 is 2.53 bits per heavy atom. The molecule has 0 aromatic heterocycles. The lowest BCUT2D eigenvalue weighted by atomic mass is 9.99. The molecule has 98 valence electrons. The van der Waals surface area contributed by atoms with E-state index in [1.807, 2.05) is 25.1 Å². The lowest BCUT2D eigenvalue weighted by Crippen LogP contribution is -2.04. The number of carbonyl (C=O) groups excluding carboxylic acids is 1. The van der Waals surface area contributed by atoms with Gasteiger partial charge in [0.1, 0.15) is 5.82 Å². The van der Waals surface area contributed by atoms with Crippen molar-refractivity contribution in [3.8, 4) is 11.1 Å². The Labute approximate surface area is 119 Å². The Bertz CT molecular complexity index is 638. The van der Waals surface area contributed by atoms with Gasteiger partial charge >= 0.3 is 5.97 Å². The van der Waals surface area contributed by atoms with Crippen LogP contribution in [-0.4, -0.2) is 13.1 Å². The van der Waals surface area contributed by atoms with E-state index in [2.05, 4.69) is 20.7 Å². The molecule has 19 heavy (non-hydrogen) atoms. The topological polar surface area (TPSA) is 26.3 Å². The number of rotatable bonds is 2. The minimum absolute atomic E-state index is 0.0546. The molecule has 0 heterocycles. The molecule has 2 rings (SSSR count). The summed E-state index contributed by atoms with van der Waals surface area (Å²) in [6, 6.07) is 10.3. The first-order valence-electron chi connectivity index (χ1n) is 5.67. The number of methoxy groups -OCH3 is 1. The van der Waals surface area contributed by atoms with Gasteiger partial charge in [-0.15, -0.1) is 0 Å². The molecule has 0 atom stereocenters. The molecular weight excluding hydrogens is 311 g/mol. The van der Waals surface area contributed by atoms with Gasteiger partial charge in [0.25, 0.3) is 0 Å². The summed E-state index contributed by atoms with van der Waals surface area (Å²) >= 11 is 3.39. The highest BCUT2D eigenvalue weighted by Gasteiger charge is 2.13. The quantitative estimate of drug-likeness (QED) is 0.768. The molecule has 0 fully saturated rings. The zero-order chi connectivity index (χ0) is 14.0. The van der Waals surface area contributed by atoms with Crippen molar-refractivity contribution in [3.63, 3.8) is 0 Å². The number of ether oxygens (including phenoxy) is 1. The van der Waals surface area contributed by atoms with E-state index in [0.717, 1.165) is 21.2 Å². The van der Waals surface area contributed by atoms with Crippen molar-refractivity contribution in [1.82, 2.24) is 0 Å². The number of hydrogen-bond donors (Lipinski definition) is 0. The van der Waals surface area contributed by atoms with Crippen LogP contribution in [0, 0.1) is 12.7 Å². The van der Waals surface area contributed by atoms with Crippen LogP contribution in [0.1, 0.15) is 15.9 Å². The Hall–Kier alpha value is -1.68. The van der Waals surface area contributed by atoms with E-state index in [1.165, 1.54) is 19.2 Å². The summed E-state index contributed by atoms with van der Waals surface area (Å²) in [4.78, 5) is 11.3. The highest BCUT2D eigenvalue weighted by atomic mass is 79.9. The maximum absolute atomic E-state index is 13.9. The van der Waals surface area contributed by atoms with Gasteiger partial charge in [0, 0.05) is 4.47 Å². The van der Waals surface area contributed by atoms with Gasteiger partial charge in [-0.2, -0.15) is 0 Å². The first-order chi connectivity index (χ1) is 9.02. The Balaban J connectivity index is 2.47. The Morgan fingerprint density at radius 1 is 1.21 bits per heavy atom. The van der Waals surface area contributed by atoms with Gasteiger partial charge in [-0.05, 0) is 47.9 Å². The van der Waals surface area contributed by atoms with Crippen molar-refractivity contribution in [3.05, 3.63) is 57.8 Å². The molecule has 0 aliphatic rings. The van der Waals surface area contributed by atoms with Crippen LogP contribution < -0.4 is 0 Å². The summed E-state index contributed by atoms with van der Waals surface area (Å²) in [7, 11) is 1.23. The average Bonchev–Trinajstić information content (AvgIpc) is 2.37. The van der Waals surface area contributed by atoms with Gasteiger partial charge in [-0.3, -0.25) is 0 Å². The van der Waals surface area contributed by atoms with Crippen LogP contribution >= 0.6 is 15.9 Å². The Kier molecular flexibility index (Phi) is 4.00. The molecule has 0 amide bonds. The summed E-state index contributed by atoms with van der Waals surface area (Å²) in [6.45, 7) is 1.95. The number of hydrogen-bond acceptors (Lipinski definition) is 2. The van der Waals surface area contributed by atoms with E-state index in [0.29, 0.717) is 0 Å². The molecule has 0 aliphatic carbocycles. The standard InChI is InChI=1S/C15H12BrFO2/c1-9-7-11(16)4-6-12(9)10-3-5-13(14(17)8-10)15(18)19-2/h3-8H,1-2H3. The fraction of sp³-hybridized carbons (Fsp3) is 0.133. The van der Waals surface area contributed by atoms with Gasteiger partial charge in [-0.1, -0.05) is 28.1 Å². The molecule has 2 aromatic carbocycles.